The summed E-state index contributed by atoms with van der Waals surface area (Å²) in [5, 5.41) is 19.6. The summed E-state index contributed by atoms with van der Waals surface area (Å²) in [7, 11) is 0. The summed E-state index contributed by atoms with van der Waals surface area (Å²) in [5.41, 5.74) is 6.90. The van der Waals surface area contributed by atoms with Gasteiger partial charge in [0.15, 0.2) is 11.6 Å². The van der Waals surface area contributed by atoms with Crippen molar-refractivity contribution in [2.75, 3.05) is 0 Å². The zero-order valence-corrected chi connectivity index (χ0v) is 29.0. The Labute approximate surface area is 296 Å². The number of ketones is 2. The van der Waals surface area contributed by atoms with Crippen molar-refractivity contribution in [1.82, 2.24) is 0 Å². The Morgan fingerprint density at radius 3 is 1.36 bits per heavy atom. The Morgan fingerprint density at radius 2 is 1.02 bits per heavy atom. The van der Waals surface area contributed by atoms with Gasteiger partial charge in [0.05, 0.1) is 34.7 Å². The molecule has 4 aromatic rings. The Kier molecular flexibility index (Phi) is 6.64. The molecule has 0 aliphatic heterocycles. The smallest absolute Gasteiger partial charge is 0.270 e. The number of nitriles is 2. The fourth-order valence-electron chi connectivity index (χ4n) is 7.71. The Bertz CT molecular complexity index is 2500. The van der Waals surface area contributed by atoms with Gasteiger partial charge in [0, 0.05) is 54.0 Å². The van der Waals surface area contributed by atoms with Crippen LogP contribution in [0.2, 0.25) is 0 Å². The molecule has 0 unspecified atom stereocenters. The molecule has 50 heavy (non-hydrogen) atoms. The number of nitrogens with zero attached hydrogens (tertiary/aromatic N) is 4. The molecule has 0 atom stereocenters. The van der Waals surface area contributed by atoms with Gasteiger partial charge in [-0.3, -0.25) is 9.59 Å². The van der Waals surface area contributed by atoms with Crippen LogP contribution in [-0.2, 0) is 10.8 Å². The summed E-state index contributed by atoms with van der Waals surface area (Å²) < 4.78 is 2.36. The summed E-state index contributed by atoms with van der Waals surface area (Å²) in [6.07, 6.45) is 7.99. The van der Waals surface area contributed by atoms with Crippen molar-refractivity contribution in [3.8, 4) is 12.1 Å². The standard InChI is InChI=1S/C42H24N4O2S2/c1-41(2)21(15-27-33(29(19-43)45-5)23-11-7-9-13-25(23)37(27)47)17-31-35(41)39-40(49-31)36-32(50-39)18-22(42(36,3)4)16-28-34(30(20-44)46-6)24-12-8-10-14-26(24)38(28)48/h7-18H,1-4H3/b27-15-,28-16-,33-29+,34-30?. The highest BCUT2D eigenvalue weighted by atomic mass is 32.1. The number of benzene rings is 2. The van der Waals surface area contributed by atoms with Crippen molar-refractivity contribution >= 4 is 66.9 Å². The first-order valence-electron chi connectivity index (χ1n) is 15.8. The van der Waals surface area contributed by atoms with Crippen LogP contribution in [0, 0.1) is 35.8 Å². The van der Waals surface area contributed by atoms with E-state index in [1.807, 2.05) is 36.4 Å². The number of hydrogen-bond acceptors (Lipinski definition) is 6. The third kappa shape index (κ3) is 4.01. The maximum atomic E-state index is 13.7. The van der Waals surface area contributed by atoms with Crippen LogP contribution in [0.3, 0.4) is 0 Å². The van der Waals surface area contributed by atoms with Crippen molar-refractivity contribution < 1.29 is 9.59 Å². The highest BCUT2D eigenvalue weighted by molar-refractivity contribution is 7.29. The number of Topliss-reactive ketones (excluding diaryl/α,β-unsaturated/α-hetero) is 2. The number of fused-ring (bicyclic) bond motifs is 7. The van der Waals surface area contributed by atoms with E-state index in [0.29, 0.717) is 44.5 Å². The van der Waals surface area contributed by atoms with Gasteiger partial charge in [-0.15, -0.1) is 22.7 Å². The molecule has 0 fully saturated rings. The molecular weight excluding hydrogens is 657 g/mol. The Balaban J connectivity index is 1.23. The molecule has 0 amide bonds. The normalized spacial score (nSPS) is 21.1. The SMILES string of the molecule is [C-]#[N+]C(C#N)=C1/C(=C/C2=Cc3sc4c5c(sc4c3C2(C)C)C=C(/C=C2\C(=O)c3ccccc3\C2=C(\C#N)[N+]#[C-])C5(C)C)C(=O)c2ccccc21. The molecule has 0 saturated carbocycles. The number of allylic oxidation sites excluding steroid dienone is 10. The molecule has 2 aromatic heterocycles. The van der Waals surface area contributed by atoms with Crippen LogP contribution in [0.1, 0.15) is 80.4 Å². The lowest BCUT2D eigenvalue weighted by Crippen LogP contribution is -2.17. The first kappa shape index (κ1) is 31.1. The maximum absolute atomic E-state index is 13.7. The van der Waals surface area contributed by atoms with E-state index in [9.17, 15) is 20.1 Å². The van der Waals surface area contributed by atoms with E-state index >= 15 is 0 Å². The fraction of sp³-hybridized carbons (Fsp3) is 0.143. The van der Waals surface area contributed by atoms with Crippen molar-refractivity contribution in [2.24, 2.45) is 0 Å². The van der Waals surface area contributed by atoms with E-state index in [1.165, 1.54) is 20.5 Å². The van der Waals surface area contributed by atoms with Crippen LogP contribution in [0.25, 0.3) is 42.4 Å². The second-order valence-corrected chi connectivity index (χ2v) is 15.7. The van der Waals surface area contributed by atoms with Crippen LogP contribution in [-0.4, -0.2) is 11.6 Å². The molecule has 0 bridgehead atoms. The van der Waals surface area contributed by atoms with Crippen LogP contribution >= 0.6 is 22.7 Å². The maximum Gasteiger partial charge on any atom is 0.270 e. The first-order valence-corrected chi connectivity index (χ1v) is 17.4. The van der Waals surface area contributed by atoms with Gasteiger partial charge >= 0.3 is 0 Å². The second kappa shape index (κ2) is 10.7. The topological polar surface area (TPSA) is 90.4 Å². The molecule has 8 rings (SSSR count). The third-order valence-electron chi connectivity index (χ3n) is 10.3. The zero-order valence-electron chi connectivity index (χ0n) is 27.4. The van der Waals surface area contributed by atoms with E-state index in [4.69, 9.17) is 13.1 Å². The lowest BCUT2D eigenvalue weighted by atomic mass is 9.79. The number of rotatable bonds is 2. The van der Waals surface area contributed by atoms with Gasteiger partial charge < -0.3 is 0 Å². The van der Waals surface area contributed by atoms with Crippen molar-refractivity contribution in [3.63, 3.8) is 0 Å². The van der Waals surface area contributed by atoms with Gasteiger partial charge in [0.1, 0.15) is 0 Å². The van der Waals surface area contributed by atoms with Gasteiger partial charge in [0.25, 0.3) is 11.4 Å². The van der Waals surface area contributed by atoms with Crippen LogP contribution in [0.5, 0.6) is 0 Å². The highest BCUT2D eigenvalue weighted by Crippen LogP contribution is 2.59. The summed E-state index contributed by atoms with van der Waals surface area (Å²) >= 11 is 3.42. The minimum Gasteiger partial charge on any atom is -0.289 e. The van der Waals surface area contributed by atoms with Crippen LogP contribution in [0.4, 0.5) is 0 Å². The fourth-order valence-corrected chi connectivity index (χ4v) is 11.1. The van der Waals surface area contributed by atoms with Crippen molar-refractivity contribution in [3.05, 3.63) is 160 Å². The lowest BCUT2D eigenvalue weighted by Gasteiger charge is -2.23. The molecule has 0 spiro atoms. The number of hydrogen-bond donors (Lipinski definition) is 0. The predicted octanol–water partition coefficient (Wildman–Crippen LogP) is 10.3. The van der Waals surface area contributed by atoms with Gasteiger partial charge in [0.2, 0.25) is 0 Å². The molecule has 2 aromatic carbocycles. The molecular formula is C42H24N4O2S2. The van der Waals surface area contributed by atoms with Gasteiger partial charge in [-0.05, 0) is 57.7 Å². The molecule has 0 radical (unpaired) electrons. The van der Waals surface area contributed by atoms with E-state index in [0.717, 1.165) is 20.9 Å². The molecule has 0 saturated heterocycles. The monoisotopic (exact) mass is 680 g/mol. The van der Waals surface area contributed by atoms with Crippen molar-refractivity contribution in [2.45, 2.75) is 38.5 Å². The average molecular weight is 681 g/mol. The lowest BCUT2D eigenvalue weighted by molar-refractivity contribution is 0.103. The summed E-state index contributed by atoms with van der Waals surface area (Å²) in [6, 6.07) is 18.3. The minimum absolute atomic E-state index is 0.0960. The molecule has 8 heteroatoms. The minimum atomic E-state index is -0.460. The number of thiophene rings is 2. The van der Waals surface area contributed by atoms with E-state index < -0.39 is 10.8 Å². The third-order valence-corrected chi connectivity index (χ3v) is 12.7. The summed E-state index contributed by atoms with van der Waals surface area (Å²) in [5.74, 6) is -0.374. The Morgan fingerprint density at radius 1 is 0.660 bits per heavy atom. The molecule has 236 valence electrons. The largest absolute Gasteiger partial charge is 0.289 e. The quantitative estimate of drug-likeness (QED) is 0.120. The first-order chi connectivity index (χ1) is 24.0. The summed E-state index contributed by atoms with van der Waals surface area (Å²) in [6.45, 7) is 23.9. The van der Waals surface area contributed by atoms with E-state index in [-0.39, 0.29) is 23.0 Å². The van der Waals surface area contributed by atoms with Gasteiger partial charge in [-0.1, -0.05) is 76.2 Å². The summed E-state index contributed by atoms with van der Waals surface area (Å²) in [4.78, 5) is 36.5. The molecule has 6 nitrogen and oxygen atoms in total. The van der Waals surface area contributed by atoms with E-state index in [2.05, 4.69) is 49.5 Å². The van der Waals surface area contributed by atoms with Crippen LogP contribution < -0.4 is 0 Å². The molecule has 4 aliphatic carbocycles. The molecule has 4 aliphatic rings. The zero-order chi connectivity index (χ0) is 35.3. The molecule has 0 N–H and O–H groups in total. The van der Waals surface area contributed by atoms with Gasteiger partial charge in [-0.2, -0.15) is 0 Å². The Hall–Kier alpha value is -6.16. The van der Waals surface area contributed by atoms with E-state index in [1.54, 1.807) is 59.1 Å². The van der Waals surface area contributed by atoms with Crippen molar-refractivity contribution in [1.29, 1.82) is 10.5 Å². The second-order valence-electron chi connectivity index (χ2n) is 13.6. The number of carbonyl (C=O) groups excluding carboxylic acids is 2. The predicted molar refractivity (Wildman–Crippen MR) is 198 cm³/mol. The van der Waals surface area contributed by atoms with Crippen LogP contribution in [0.15, 0.2) is 94.4 Å². The average Bonchev–Trinajstić information content (AvgIpc) is 3.88. The highest BCUT2D eigenvalue weighted by Gasteiger charge is 2.43. The van der Waals surface area contributed by atoms with Gasteiger partial charge in [-0.25, -0.2) is 20.2 Å². The number of carbonyl (C=O) groups is 2. The molecule has 2 heterocycles.